The summed E-state index contributed by atoms with van der Waals surface area (Å²) in [6.07, 6.45) is 6.03. The molecule has 2 nitrogen and oxygen atoms in total. The second kappa shape index (κ2) is 2.69. The standard InChI is InChI=1S/C7H11NO/c1-2-6-3-4-7(9)8-5-6/h3-5,7-9H,2H2,1H3. The summed E-state index contributed by atoms with van der Waals surface area (Å²) < 4.78 is 0. The Kier molecular flexibility index (Phi) is 1.90. The molecule has 0 spiro atoms. The van der Waals surface area contributed by atoms with Crippen molar-refractivity contribution in [1.82, 2.24) is 5.32 Å². The summed E-state index contributed by atoms with van der Waals surface area (Å²) in [5.41, 5.74) is 1.22. The van der Waals surface area contributed by atoms with Gasteiger partial charge in [-0.3, -0.25) is 0 Å². The molecule has 0 aliphatic carbocycles. The van der Waals surface area contributed by atoms with Crippen LogP contribution in [0.3, 0.4) is 0 Å². The average molecular weight is 125 g/mol. The highest BCUT2D eigenvalue weighted by Crippen LogP contribution is 2.05. The first kappa shape index (κ1) is 6.36. The van der Waals surface area contributed by atoms with E-state index in [0.29, 0.717) is 0 Å². The molecular formula is C7H11NO. The lowest BCUT2D eigenvalue weighted by molar-refractivity contribution is 0.200. The van der Waals surface area contributed by atoms with Gasteiger partial charge in [0.1, 0.15) is 6.23 Å². The van der Waals surface area contributed by atoms with Gasteiger partial charge in [-0.05, 0) is 18.1 Å². The van der Waals surface area contributed by atoms with Crippen LogP contribution in [0.1, 0.15) is 13.3 Å². The molecule has 0 fully saturated rings. The smallest absolute Gasteiger partial charge is 0.143 e. The first-order valence-corrected chi connectivity index (χ1v) is 3.14. The van der Waals surface area contributed by atoms with E-state index in [1.54, 1.807) is 6.08 Å². The molecule has 50 valence electrons. The molecule has 1 unspecified atom stereocenters. The SMILES string of the molecule is CCC1=CNC(O)C=C1. The summed E-state index contributed by atoms with van der Waals surface area (Å²) in [7, 11) is 0. The molecule has 1 aliphatic rings. The predicted octanol–water partition coefficient (Wildman–Crippen LogP) is 0.758. The van der Waals surface area contributed by atoms with Gasteiger partial charge >= 0.3 is 0 Å². The molecule has 1 heterocycles. The first-order valence-electron chi connectivity index (χ1n) is 3.14. The topological polar surface area (TPSA) is 32.3 Å². The number of hydrogen-bond donors (Lipinski definition) is 2. The van der Waals surface area contributed by atoms with Gasteiger partial charge in [-0.1, -0.05) is 13.0 Å². The summed E-state index contributed by atoms with van der Waals surface area (Å²) in [6, 6.07) is 0. The predicted molar refractivity (Wildman–Crippen MR) is 36.7 cm³/mol. The van der Waals surface area contributed by atoms with Gasteiger partial charge < -0.3 is 10.4 Å². The van der Waals surface area contributed by atoms with Crippen LogP contribution in [0.4, 0.5) is 0 Å². The quantitative estimate of drug-likeness (QED) is 0.542. The number of hydrogen-bond acceptors (Lipinski definition) is 2. The molecule has 1 aliphatic heterocycles. The minimum absolute atomic E-state index is 0.486. The third kappa shape index (κ3) is 1.57. The minimum atomic E-state index is -0.486. The van der Waals surface area contributed by atoms with E-state index >= 15 is 0 Å². The summed E-state index contributed by atoms with van der Waals surface area (Å²) >= 11 is 0. The molecule has 0 radical (unpaired) electrons. The molecule has 0 saturated heterocycles. The maximum absolute atomic E-state index is 8.88. The van der Waals surface area contributed by atoms with E-state index < -0.39 is 6.23 Å². The second-order valence-electron chi connectivity index (χ2n) is 2.04. The van der Waals surface area contributed by atoms with Gasteiger partial charge in [-0.2, -0.15) is 0 Å². The molecular weight excluding hydrogens is 114 g/mol. The fourth-order valence-electron chi connectivity index (χ4n) is 0.731. The van der Waals surface area contributed by atoms with E-state index in [1.165, 1.54) is 5.57 Å². The number of dihydropyridines is 1. The van der Waals surface area contributed by atoms with Crippen LogP contribution in [0.15, 0.2) is 23.9 Å². The van der Waals surface area contributed by atoms with Gasteiger partial charge in [-0.25, -0.2) is 0 Å². The molecule has 0 saturated carbocycles. The molecule has 2 heteroatoms. The van der Waals surface area contributed by atoms with Crippen molar-refractivity contribution in [2.45, 2.75) is 19.6 Å². The van der Waals surface area contributed by atoms with Crippen LogP contribution >= 0.6 is 0 Å². The Morgan fingerprint density at radius 1 is 1.78 bits per heavy atom. The van der Waals surface area contributed by atoms with Crippen LogP contribution in [0, 0.1) is 0 Å². The van der Waals surface area contributed by atoms with E-state index in [2.05, 4.69) is 12.2 Å². The lowest BCUT2D eigenvalue weighted by Gasteiger charge is -2.11. The van der Waals surface area contributed by atoms with E-state index in [0.717, 1.165) is 6.42 Å². The molecule has 0 aromatic rings. The van der Waals surface area contributed by atoms with Crippen LogP contribution < -0.4 is 5.32 Å². The Balaban J connectivity index is 2.52. The minimum Gasteiger partial charge on any atom is -0.370 e. The van der Waals surface area contributed by atoms with Gasteiger partial charge in [-0.15, -0.1) is 0 Å². The van der Waals surface area contributed by atoms with E-state index in [-0.39, 0.29) is 0 Å². The van der Waals surface area contributed by atoms with E-state index in [1.807, 2.05) is 12.3 Å². The fraction of sp³-hybridized carbons (Fsp3) is 0.429. The normalized spacial score (nSPS) is 25.1. The molecule has 2 N–H and O–H groups in total. The Morgan fingerprint density at radius 3 is 3.00 bits per heavy atom. The third-order valence-corrected chi connectivity index (χ3v) is 1.34. The lowest BCUT2D eigenvalue weighted by atomic mass is 10.2. The van der Waals surface area contributed by atoms with Gasteiger partial charge in [0.2, 0.25) is 0 Å². The average Bonchev–Trinajstić information content (AvgIpc) is 1.90. The number of aliphatic hydroxyl groups is 1. The Hall–Kier alpha value is -0.760. The zero-order chi connectivity index (χ0) is 6.69. The van der Waals surface area contributed by atoms with Crippen molar-refractivity contribution in [2.24, 2.45) is 0 Å². The van der Waals surface area contributed by atoms with Crippen molar-refractivity contribution in [2.75, 3.05) is 0 Å². The molecule has 0 aromatic heterocycles. The van der Waals surface area contributed by atoms with Crippen molar-refractivity contribution >= 4 is 0 Å². The van der Waals surface area contributed by atoms with E-state index in [4.69, 9.17) is 5.11 Å². The Labute approximate surface area is 54.9 Å². The molecule has 0 bridgehead atoms. The second-order valence-corrected chi connectivity index (χ2v) is 2.04. The van der Waals surface area contributed by atoms with Crippen molar-refractivity contribution < 1.29 is 5.11 Å². The first-order chi connectivity index (χ1) is 4.33. The van der Waals surface area contributed by atoms with Crippen LogP contribution in [0.2, 0.25) is 0 Å². The number of aliphatic hydroxyl groups excluding tert-OH is 1. The number of nitrogens with one attached hydrogen (secondary N) is 1. The monoisotopic (exact) mass is 125 g/mol. The maximum atomic E-state index is 8.88. The van der Waals surface area contributed by atoms with Gasteiger partial charge in [0, 0.05) is 6.20 Å². The largest absolute Gasteiger partial charge is 0.370 e. The third-order valence-electron chi connectivity index (χ3n) is 1.34. The lowest BCUT2D eigenvalue weighted by Crippen LogP contribution is -2.23. The summed E-state index contributed by atoms with van der Waals surface area (Å²) in [5, 5.41) is 11.7. The molecule has 0 amide bonds. The summed E-state index contributed by atoms with van der Waals surface area (Å²) in [5.74, 6) is 0. The zero-order valence-corrected chi connectivity index (χ0v) is 5.46. The van der Waals surface area contributed by atoms with Crippen LogP contribution in [0.5, 0.6) is 0 Å². The van der Waals surface area contributed by atoms with E-state index in [9.17, 15) is 0 Å². The van der Waals surface area contributed by atoms with Crippen molar-refractivity contribution in [3.8, 4) is 0 Å². The molecule has 0 aromatic carbocycles. The number of rotatable bonds is 1. The molecule has 1 atom stereocenters. The molecule has 9 heavy (non-hydrogen) atoms. The van der Waals surface area contributed by atoms with Crippen LogP contribution in [-0.4, -0.2) is 11.3 Å². The maximum Gasteiger partial charge on any atom is 0.143 e. The van der Waals surface area contributed by atoms with Crippen molar-refractivity contribution in [3.63, 3.8) is 0 Å². The highest BCUT2D eigenvalue weighted by molar-refractivity contribution is 5.21. The summed E-state index contributed by atoms with van der Waals surface area (Å²) in [6.45, 7) is 2.08. The van der Waals surface area contributed by atoms with Gasteiger partial charge in [0.25, 0.3) is 0 Å². The van der Waals surface area contributed by atoms with Crippen LogP contribution in [0.25, 0.3) is 0 Å². The fourth-order valence-corrected chi connectivity index (χ4v) is 0.731. The Bertz CT molecular complexity index is 149. The Morgan fingerprint density at radius 2 is 2.56 bits per heavy atom. The molecule has 1 rings (SSSR count). The highest BCUT2D eigenvalue weighted by Gasteiger charge is 1.99. The van der Waals surface area contributed by atoms with Gasteiger partial charge in [0.15, 0.2) is 0 Å². The van der Waals surface area contributed by atoms with Crippen molar-refractivity contribution in [3.05, 3.63) is 23.9 Å². The zero-order valence-electron chi connectivity index (χ0n) is 5.46. The highest BCUT2D eigenvalue weighted by atomic mass is 16.3. The van der Waals surface area contributed by atoms with Gasteiger partial charge in [0.05, 0.1) is 0 Å². The summed E-state index contributed by atoms with van der Waals surface area (Å²) in [4.78, 5) is 0. The number of allylic oxidation sites excluding steroid dienone is 2. The van der Waals surface area contributed by atoms with Crippen molar-refractivity contribution in [1.29, 1.82) is 0 Å². The van der Waals surface area contributed by atoms with Crippen LogP contribution in [-0.2, 0) is 0 Å².